The molecule has 2 amide bonds. The number of nitrogens with zero attached hydrogens (tertiary/aromatic N) is 2. The van der Waals surface area contributed by atoms with E-state index in [0.29, 0.717) is 11.3 Å². The normalized spacial score (nSPS) is 17.5. The monoisotopic (exact) mass is 497 g/mol. The van der Waals surface area contributed by atoms with Crippen molar-refractivity contribution < 1.29 is 32.2 Å². The van der Waals surface area contributed by atoms with E-state index in [0.717, 1.165) is 4.90 Å². The molecule has 3 aromatic carbocycles. The second-order valence-electron chi connectivity index (χ2n) is 7.90. The van der Waals surface area contributed by atoms with Gasteiger partial charge in [-0.1, -0.05) is 54.6 Å². The van der Waals surface area contributed by atoms with Crippen molar-refractivity contribution in [3.05, 3.63) is 95.6 Å². The van der Waals surface area contributed by atoms with Gasteiger partial charge in [-0.25, -0.2) is 4.99 Å². The summed E-state index contributed by atoms with van der Waals surface area (Å²) in [6, 6.07) is 20.3. The highest BCUT2D eigenvalue weighted by Crippen LogP contribution is 2.39. The van der Waals surface area contributed by atoms with Gasteiger partial charge in [-0.2, -0.15) is 13.2 Å². The summed E-state index contributed by atoms with van der Waals surface area (Å²) in [6.07, 6.45) is -5.24. The van der Waals surface area contributed by atoms with E-state index in [-0.39, 0.29) is 29.3 Å². The first-order chi connectivity index (χ1) is 17.2. The Balaban J connectivity index is 1.79. The van der Waals surface area contributed by atoms with Gasteiger partial charge in [0.2, 0.25) is 0 Å². The van der Waals surface area contributed by atoms with E-state index in [1.807, 2.05) is 5.32 Å². The van der Waals surface area contributed by atoms with Crippen LogP contribution in [0, 0.1) is 0 Å². The lowest BCUT2D eigenvalue weighted by molar-refractivity contribution is -0.196. The fourth-order valence-corrected chi connectivity index (χ4v) is 3.83. The molecule has 10 heteroatoms. The van der Waals surface area contributed by atoms with E-state index in [2.05, 4.69) is 4.99 Å². The molecule has 1 heterocycles. The van der Waals surface area contributed by atoms with Gasteiger partial charge < -0.3 is 14.8 Å². The van der Waals surface area contributed by atoms with Gasteiger partial charge in [0.25, 0.3) is 11.8 Å². The van der Waals surface area contributed by atoms with Crippen LogP contribution in [0.25, 0.3) is 0 Å². The lowest BCUT2D eigenvalue weighted by atomic mass is 10.1. The van der Waals surface area contributed by atoms with Crippen LogP contribution in [-0.4, -0.2) is 48.6 Å². The second kappa shape index (κ2) is 9.73. The molecule has 186 valence electrons. The van der Waals surface area contributed by atoms with Crippen LogP contribution < -0.4 is 14.8 Å². The number of rotatable bonds is 7. The highest BCUT2D eigenvalue weighted by Gasteiger charge is 2.67. The Morgan fingerprint density at radius 1 is 0.944 bits per heavy atom. The predicted octanol–water partition coefficient (Wildman–Crippen LogP) is 4.18. The number of amides is 2. The summed E-state index contributed by atoms with van der Waals surface area (Å²) in [7, 11) is 2.77. The van der Waals surface area contributed by atoms with Crippen LogP contribution in [0.1, 0.15) is 21.5 Å². The van der Waals surface area contributed by atoms with Crippen molar-refractivity contribution in [3.8, 4) is 11.5 Å². The molecule has 7 nitrogen and oxygen atoms in total. The standard InChI is InChI=1S/C26H22F3N3O4/c1-35-19-14-12-17(13-15-19)16-32-22(18-8-4-3-5-9-18)30-25(24(32)34,26(27,28)29)31-23(33)20-10-6-7-11-21(20)36-2/h3-15H,16H2,1-2H3,(H,31,33)/t25-/m0/s1. The van der Waals surface area contributed by atoms with Crippen LogP contribution in [0.3, 0.4) is 0 Å². The number of halogens is 3. The van der Waals surface area contributed by atoms with E-state index < -0.39 is 23.7 Å². The van der Waals surface area contributed by atoms with Gasteiger partial charge in [-0.15, -0.1) is 0 Å². The Morgan fingerprint density at radius 2 is 1.58 bits per heavy atom. The first-order valence-electron chi connectivity index (χ1n) is 10.8. The van der Waals surface area contributed by atoms with E-state index in [4.69, 9.17) is 9.47 Å². The first-order valence-corrected chi connectivity index (χ1v) is 10.8. The molecule has 0 unspecified atom stereocenters. The molecule has 1 N–H and O–H groups in total. The maximum absolute atomic E-state index is 14.6. The molecule has 36 heavy (non-hydrogen) atoms. The molecule has 0 bridgehead atoms. The van der Waals surface area contributed by atoms with Crippen LogP contribution in [-0.2, 0) is 11.3 Å². The van der Waals surface area contributed by atoms with Crippen molar-refractivity contribution in [2.24, 2.45) is 4.99 Å². The molecule has 1 aliphatic rings. The minimum Gasteiger partial charge on any atom is -0.497 e. The Hall–Kier alpha value is -4.34. The largest absolute Gasteiger partial charge is 0.497 e. The Labute approximate surface area is 205 Å². The van der Waals surface area contributed by atoms with Gasteiger partial charge in [0.05, 0.1) is 26.3 Å². The maximum atomic E-state index is 14.6. The summed E-state index contributed by atoms with van der Waals surface area (Å²) in [5.41, 5.74) is -2.86. The minimum atomic E-state index is -5.24. The van der Waals surface area contributed by atoms with Gasteiger partial charge in [-0.3, -0.25) is 14.5 Å². The SMILES string of the molecule is COc1ccc(CN2C(=O)[C@](NC(=O)c3ccccc3OC)(C(F)(F)F)N=C2c2ccccc2)cc1. The molecule has 1 atom stereocenters. The van der Waals surface area contributed by atoms with Crippen molar-refractivity contribution in [1.82, 2.24) is 10.2 Å². The zero-order chi connectivity index (χ0) is 25.9. The van der Waals surface area contributed by atoms with E-state index in [9.17, 15) is 22.8 Å². The van der Waals surface area contributed by atoms with Crippen LogP contribution in [0.2, 0.25) is 0 Å². The number of amidine groups is 1. The molecule has 4 rings (SSSR count). The molecule has 3 aromatic rings. The van der Waals surface area contributed by atoms with Crippen LogP contribution >= 0.6 is 0 Å². The molecule has 0 aromatic heterocycles. The minimum absolute atomic E-state index is 0.0557. The summed E-state index contributed by atoms with van der Waals surface area (Å²) in [6.45, 7) is -0.209. The van der Waals surface area contributed by atoms with Crippen molar-refractivity contribution in [2.75, 3.05) is 14.2 Å². The number of methoxy groups -OCH3 is 2. The van der Waals surface area contributed by atoms with Gasteiger partial charge in [0.15, 0.2) is 0 Å². The van der Waals surface area contributed by atoms with Crippen LogP contribution in [0.15, 0.2) is 83.9 Å². The molecule has 0 saturated heterocycles. The fourth-order valence-electron chi connectivity index (χ4n) is 3.83. The number of hydrogen-bond acceptors (Lipinski definition) is 5. The summed E-state index contributed by atoms with van der Waals surface area (Å²) in [4.78, 5) is 31.3. The molecule has 0 fully saturated rings. The molecular formula is C26H22F3N3O4. The number of carbonyl (C=O) groups excluding carboxylic acids is 2. The highest BCUT2D eigenvalue weighted by molar-refractivity contribution is 6.16. The average Bonchev–Trinajstić information content (AvgIpc) is 3.17. The summed E-state index contributed by atoms with van der Waals surface area (Å²) in [5.74, 6) is -2.18. The molecule has 0 saturated carbocycles. The number of carbonyl (C=O) groups is 2. The van der Waals surface area contributed by atoms with E-state index >= 15 is 0 Å². The summed E-state index contributed by atoms with van der Waals surface area (Å²) < 4.78 is 54.0. The third-order valence-electron chi connectivity index (χ3n) is 5.67. The molecule has 0 aliphatic carbocycles. The quantitative estimate of drug-likeness (QED) is 0.531. The van der Waals surface area contributed by atoms with Gasteiger partial charge in [0, 0.05) is 5.56 Å². The number of nitrogens with one attached hydrogen (secondary N) is 1. The Kier molecular flexibility index (Phi) is 6.69. The van der Waals surface area contributed by atoms with Gasteiger partial charge in [0.1, 0.15) is 17.3 Å². The fraction of sp³-hybridized carbons (Fsp3) is 0.192. The summed E-state index contributed by atoms with van der Waals surface area (Å²) >= 11 is 0. The van der Waals surface area contributed by atoms with E-state index in [1.165, 1.54) is 32.4 Å². The smallest absolute Gasteiger partial charge is 0.442 e. The zero-order valence-corrected chi connectivity index (χ0v) is 19.4. The molecule has 0 radical (unpaired) electrons. The lowest BCUT2D eigenvalue weighted by Crippen LogP contribution is -2.63. The van der Waals surface area contributed by atoms with Gasteiger partial charge in [-0.05, 0) is 29.8 Å². The molecule has 1 aliphatic heterocycles. The zero-order valence-electron chi connectivity index (χ0n) is 19.4. The topological polar surface area (TPSA) is 80.2 Å². The molecule has 0 spiro atoms. The number of aliphatic imine (C=N–C) groups is 1. The van der Waals surface area contributed by atoms with Crippen molar-refractivity contribution in [3.63, 3.8) is 0 Å². The predicted molar refractivity (Wildman–Crippen MR) is 126 cm³/mol. The third kappa shape index (κ3) is 4.49. The van der Waals surface area contributed by atoms with Crippen molar-refractivity contribution in [1.29, 1.82) is 0 Å². The first kappa shape index (κ1) is 24.8. The average molecular weight is 497 g/mol. The van der Waals surface area contributed by atoms with Crippen LogP contribution in [0.4, 0.5) is 13.2 Å². The van der Waals surface area contributed by atoms with Crippen LogP contribution in [0.5, 0.6) is 11.5 Å². The number of benzene rings is 3. The summed E-state index contributed by atoms with van der Waals surface area (Å²) in [5, 5.41) is 1.86. The van der Waals surface area contributed by atoms with E-state index in [1.54, 1.807) is 60.7 Å². The Morgan fingerprint density at radius 3 is 2.19 bits per heavy atom. The molecular weight excluding hydrogens is 475 g/mol. The highest BCUT2D eigenvalue weighted by atomic mass is 19.4. The number of ether oxygens (including phenoxy) is 2. The number of hydrogen-bond donors (Lipinski definition) is 1. The number of alkyl halides is 3. The maximum Gasteiger partial charge on any atom is 0.442 e. The lowest BCUT2D eigenvalue weighted by Gasteiger charge is -2.29. The third-order valence-corrected chi connectivity index (χ3v) is 5.67. The number of para-hydroxylation sites is 1. The van der Waals surface area contributed by atoms with Crippen molar-refractivity contribution >= 4 is 17.6 Å². The van der Waals surface area contributed by atoms with Crippen molar-refractivity contribution in [2.45, 2.75) is 18.4 Å². The Bertz CT molecular complexity index is 1290. The van der Waals surface area contributed by atoms with Gasteiger partial charge >= 0.3 is 11.8 Å². The second-order valence-corrected chi connectivity index (χ2v) is 7.90.